The Labute approximate surface area is 145 Å². The molecule has 4 rings (SSSR count). The monoisotopic (exact) mass is 337 g/mol. The molecule has 128 valence electrons. The molecule has 0 atom stereocenters. The van der Waals surface area contributed by atoms with Crippen molar-refractivity contribution in [1.82, 2.24) is 24.6 Å². The van der Waals surface area contributed by atoms with Gasteiger partial charge in [-0.15, -0.1) is 10.2 Å². The van der Waals surface area contributed by atoms with Crippen molar-refractivity contribution < 1.29 is 9.21 Å². The molecule has 3 aromatic rings. The van der Waals surface area contributed by atoms with Crippen LogP contribution in [0.5, 0.6) is 0 Å². The summed E-state index contributed by atoms with van der Waals surface area (Å²) in [7, 11) is 0. The molecule has 0 radical (unpaired) electrons. The van der Waals surface area contributed by atoms with E-state index in [1.54, 1.807) is 17.2 Å². The van der Waals surface area contributed by atoms with Gasteiger partial charge in [-0.2, -0.15) is 0 Å². The van der Waals surface area contributed by atoms with E-state index in [9.17, 15) is 4.79 Å². The van der Waals surface area contributed by atoms with Gasteiger partial charge < -0.3 is 13.9 Å². The molecule has 0 saturated carbocycles. The van der Waals surface area contributed by atoms with Crippen LogP contribution < -0.4 is 0 Å². The number of hydrogen-bond donors (Lipinski definition) is 0. The Morgan fingerprint density at radius 1 is 1.16 bits per heavy atom. The summed E-state index contributed by atoms with van der Waals surface area (Å²) in [5.41, 5.74) is 2.05. The van der Waals surface area contributed by atoms with Crippen molar-refractivity contribution in [3.63, 3.8) is 0 Å². The van der Waals surface area contributed by atoms with E-state index in [1.807, 2.05) is 23.1 Å². The number of carbonyl (C=O) groups is 1. The molecule has 0 bridgehead atoms. The minimum absolute atomic E-state index is 0.118. The first-order chi connectivity index (χ1) is 12.3. The second-order valence-electron chi connectivity index (χ2n) is 6.15. The molecule has 7 heteroatoms. The topological polar surface area (TPSA) is 77.0 Å². The van der Waals surface area contributed by atoms with Crippen molar-refractivity contribution in [3.8, 4) is 0 Å². The molecule has 1 aliphatic heterocycles. The first-order valence-corrected chi connectivity index (χ1v) is 8.39. The summed E-state index contributed by atoms with van der Waals surface area (Å²) in [5.74, 6) is 1.75. The maximum absolute atomic E-state index is 12.4. The van der Waals surface area contributed by atoms with E-state index in [-0.39, 0.29) is 5.91 Å². The third-order valence-electron chi connectivity index (χ3n) is 4.37. The summed E-state index contributed by atoms with van der Waals surface area (Å²) < 4.78 is 7.69. The molecule has 1 aromatic carbocycles. The zero-order valence-corrected chi connectivity index (χ0v) is 13.8. The van der Waals surface area contributed by atoms with Gasteiger partial charge in [0.2, 0.25) is 5.91 Å². The van der Waals surface area contributed by atoms with Gasteiger partial charge in [0, 0.05) is 32.4 Å². The molecule has 3 heterocycles. The second-order valence-corrected chi connectivity index (χ2v) is 6.15. The van der Waals surface area contributed by atoms with Crippen LogP contribution in [0, 0.1) is 0 Å². The van der Waals surface area contributed by atoms with E-state index in [2.05, 4.69) is 27.3 Å². The lowest BCUT2D eigenvalue weighted by Gasteiger charge is -2.25. The Morgan fingerprint density at radius 3 is 2.76 bits per heavy atom. The van der Waals surface area contributed by atoms with Crippen LogP contribution in [0.25, 0.3) is 0 Å². The van der Waals surface area contributed by atoms with Gasteiger partial charge in [0.15, 0.2) is 5.89 Å². The molecule has 0 fully saturated rings. The Bertz CT molecular complexity index is 842. The van der Waals surface area contributed by atoms with Crippen LogP contribution in [-0.4, -0.2) is 37.1 Å². The number of amides is 1. The van der Waals surface area contributed by atoms with Gasteiger partial charge in [0.25, 0.3) is 0 Å². The Morgan fingerprint density at radius 2 is 1.96 bits per heavy atom. The Kier molecular flexibility index (Phi) is 4.28. The van der Waals surface area contributed by atoms with Crippen LogP contribution >= 0.6 is 0 Å². The summed E-state index contributed by atoms with van der Waals surface area (Å²) in [4.78, 5) is 18.9. The third kappa shape index (κ3) is 3.60. The number of carbonyl (C=O) groups excluding carboxylic acids is 1. The van der Waals surface area contributed by atoms with Gasteiger partial charge in [0.05, 0.1) is 6.54 Å². The van der Waals surface area contributed by atoms with Gasteiger partial charge in [0.1, 0.15) is 24.1 Å². The number of nitrogens with zero attached hydrogens (tertiary/aromatic N) is 5. The summed E-state index contributed by atoms with van der Waals surface area (Å²) in [6.45, 7) is 1.79. The van der Waals surface area contributed by atoms with E-state index < -0.39 is 0 Å². The molecular weight excluding hydrogens is 318 g/mol. The molecular formula is C18H19N5O2. The predicted molar refractivity (Wildman–Crippen MR) is 89.5 cm³/mol. The number of oxazole rings is 1. The number of aryl methyl sites for hydroxylation is 1. The van der Waals surface area contributed by atoms with Crippen LogP contribution in [-0.2, 0) is 30.7 Å². The molecule has 1 aliphatic rings. The van der Waals surface area contributed by atoms with Gasteiger partial charge in [-0.1, -0.05) is 30.3 Å². The fourth-order valence-electron chi connectivity index (χ4n) is 3.03. The predicted octanol–water partition coefficient (Wildman–Crippen LogP) is 1.83. The number of aromatic nitrogens is 4. The van der Waals surface area contributed by atoms with Crippen molar-refractivity contribution in [3.05, 3.63) is 65.9 Å². The molecule has 0 unspecified atom stereocenters. The van der Waals surface area contributed by atoms with E-state index >= 15 is 0 Å². The lowest BCUT2D eigenvalue weighted by Crippen LogP contribution is -2.36. The van der Waals surface area contributed by atoms with Crippen LogP contribution in [0.1, 0.15) is 29.3 Å². The second kappa shape index (κ2) is 6.88. The highest BCUT2D eigenvalue weighted by Crippen LogP contribution is 2.22. The number of hydrogen-bond acceptors (Lipinski definition) is 5. The maximum Gasteiger partial charge on any atom is 0.224 e. The minimum atomic E-state index is 0.118. The van der Waals surface area contributed by atoms with Crippen molar-refractivity contribution in [2.75, 3.05) is 6.54 Å². The summed E-state index contributed by atoms with van der Waals surface area (Å²) in [6.07, 6.45) is 5.07. The van der Waals surface area contributed by atoms with Gasteiger partial charge in [-0.05, 0) is 5.56 Å². The lowest BCUT2D eigenvalue weighted by molar-refractivity contribution is -0.132. The molecule has 25 heavy (non-hydrogen) atoms. The summed E-state index contributed by atoms with van der Waals surface area (Å²) in [5, 5.41) is 7.49. The largest absolute Gasteiger partial charge is 0.445 e. The summed E-state index contributed by atoms with van der Waals surface area (Å²) in [6, 6.07) is 10.1. The van der Waals surface area contributed by atoms with Gasteiger partial charge in [-0.25, -0.2) is 4.98 Å². The number of fused-ring (bicyclic) bond motifs is 1. The summed E-state index contributed by atoms with van der Waals surface area (Å²) >= 11 is 0. The number of rotatable bonds is 5. The van der Waals surface area contributed by atoms with Crippen molar-refractivity contribution in [2.24, 2.45) is 0 Å². The van der Waals surface area contributed by atoms with Crippen molar-refractivity contribution >= 4 is 5.91 Å². The fourth-order valence-corrected chi connectivity index (χ4v) is 3.03. The highest BCUT2D eigenvalue weighted by molar-refractivity contribution is 5.76. The number of benzene rings is 1. The quantitative estimate of drug-likeness (QED) is 0.710. The highest BCUT2D eigenvalue weighted by Gasteiger charge is 2.25. The van der Waals surface area contributed by atoms with E-state index in [0.29, 0.717) is 32.5 Å². The van der Waals surface area contributed by atoms with E-state index in [4.69, 9.17) is 4.42 Å². The normalized spacial score (nSPS) is 13.7. The van der Waals surface area contributed by atoms with Crippen LogP contribution in [0.3, 0.4) is 0 Å². The molecule has 0 N–H and O–H groups in total. The van der Waals surface area contributed by atoms with Crippen molar-refractivity contribution in [2.45, 2.75) is 32.4 Å². The average Bonchev–Trinajstić information content (AvgIpc) is 3.29. The first-order valence-electron chi connectivity index (χ1n) is 8.39. The van der Waals surface area contributed by atoms with Crippen LogP contribution in [0.15, 0.2) is 47.4 Å². The molecule has 7 nitrogen and oxygen atoms in total. The van der Waals surface area contributed by atoms with Crippen molar-refractivity contribution in [1.29, 1.82) is 0 Å². The maximum atomic E-state index is 12.4. The average molecular weight is 337 g/mol. The smallest absolute Gasteiger partial charge is 0.224 e. The molecule has 2 aromatic heterocycles. The van der Waals surface area contributed by atoms with Gasteiger partial charge >= 0.3 is 0 Å². The molecule has 1 amide bonds. The highest BCUT2D eigenvalue weighted by atomic mass is 16.4. The minimum Gasteiger partial charge on any atom is -0.445 e. The Balaban J connectivity index is 1.38. The van der Waals surface area contributed by atoms with E-state index in [1.165, 1.54) is 5.56 Å². The lowest BCUT2D eigenvalue weighted by atomic mass is 10.1. The van der Waals surface area contributed by atoms with Gasteiger partial charge in [-0.3, -0.25) is 4.79 Å². The molecule has 0 aliphatic carbocycles. The molecule has 0 saturated heterocycles. The third-order valence-corrected chi connectivity index (χ3v) is 4.37. The standard InChI is InChI=1S/C18H19N5O2/c24-18(7-8-22-12-19-20-13-22)23-9-6-16-15(11-23)21-17(25-16)10-14-4-2-1-3-5-14/h1-5,12-13H,6-11H2. The first kappa shape index (κ1) is 15.6. The molecule has 0 spiro atoms. The van der Waals surface area contributed by atoms with E-state index in [0.717, 1.165) is 23.8 Å². The fraction of sp³-hybridized carbons (Fsp3) is 0.333. The van der Waals surface area contributed by atoms with Crippen LogP contribution in [0.4, 0.5) is 0 Å². The zero-order chi connectivity index (χ0) is 17.1. The SMILES string of the molecule is O=C(CCn1cnnc1)N1CCc2oc(Cc3ccccc3)nc2C1. The zero-order valence-electron chi connectivity index (χ0n) is 13.8. The van der Waals surface area contributed by atoms with Crippen LogP contribution in [0.2, 0.25) is 0 Å². The Hall–Kier alpha value is -2.96.